The molecule has 0 radical (unpaired) electrons. The molecule has 0 bridgehead atoms. The molecule has 0 amide bonds. The first-order valence-electron chi connectivity index (χ1n) is 11.4. The lowest BCUT2D eigenvalue weighted by atomic mass is 9.93. The third-order valence-corrected chi connectivity index (χ3v) is 5.68. The number of aliphatic hydroxyl groups is 1. The fourth-order valence-corrected chi connectivity index (χ4v) is 4.03. The van der Waals surface area contributed by atoms with Crippen LogP contribution in [0.1, 0.15) is 69.2 Å². The van der Waals surface area contributed by atoms with E-state index in [0.717, 1.165) is 27.9 Å². The topological polar surface area (TPSA) is 80.9 Å². The highest BCUT2D eigenvalue weighted by atomic mass is 19.1. The van der Waals surface area contributed by atoms with Gasteiger partial charge < -0.3 is 9.84 Å². The quantitative estimate of drug-likeness (QED) is 0.343. The van der Waals surface area contributed by atoms with Crippen molar-refractivity contribution in [1.82, 2.24) is 9.61 Å². The molecule has 0 saturated carbocycles. The number of aromatic nitrogens is 2. The Hall–Kier alpha value is -3.32. The second-order valence-electron chi connectivity index (χ2n) is 8.97. The molecule has 0 aliphatic rings. The zero-order valence-corrected chi connectivity index (χ0v) is 20.2. The molecule has 6 nitrogen and oxygen atoms in total. The average Bonchev–Trinajstić information content (AvgIpc) is 3.20. The van der Waals surface area contributed by atoms with E-state index < -0.39 is 17.9 Å². The van der Waals surface area contributed by atoms with Gasteiger partial charge in [-0.3, -0.25) is 9.59 Å². The van der Waals surface area contributed by atoms with Crippen LogP contribution in [0.25, 0.3) is 22.9 Å². The predicted molar refractivity (Wildman–Crippen MR) is 130 cm³/mol. The molecule has 1 aromatic carbocycles. The molecule has 180 valence electrons. The molecule has 2 heterocycles. The van der Waals surface area contributed by atoms with Gasteiger partial charge in [0.05, 0.1) is 24.4 Å². The Labute approximate surface area is 199 Å². The first-order chi connectivity index (χ1) is 16.1. The lowest BCUT2D eigenvalue weighted by Gasteiger charge is -2.18. The van der Waals surface area contributed by atoms with E-state index in [0.29, 0.717) is 5.69 Å². The molecule has 0 spiro atoms. The molecule has 1 atom stereocenters. The maximum Gasteiger partial charge on any atom is 0.313 e. The van der Waals surface area contributed by atoms with Gasteiger partial charge in [0.2, 0.25) is 0 Å². The monoisotopic (exact) mass is 466 g/mol. The predicted octanol–water partition coefficient (Wildman–Crippen LogP) is 5.28. The summed E-state index contributed by atoms with van der Waals surface area (Å²) >= 11 is 0. The number of halogens is 1. The van der Waals surface area contributed by atoms with Crippen molar-refractivity contribution >= 4 is 23.3 Å². The highest BCUT2D eigenvalue weighted by Crippen LogP contribution is 2.35. The maximum absolute atomic E-state index is 13.6. The second-order valence-corrected chi connectivity index (χ2v) is 8.97. The molecule has 0 saturated heterocycles. The molecule has 1 N–H and O–H groups in total. The van der Waals surface area contributed by atoms with Crippen LogP contribution >= 0.6 is 0 Å². The minimum atomic E-state index is -1.08. The van der Waals surface area contributed by atoms with Crippen molar-refractivity contribution in [3.63, 3.8) is 0 Å². The number of aliphatic hydroxyl groups excluding tert-OH is 1. The molecule has 0 aliphatic carbocycles. The Balaban J connectivity index is 2.13. The van der Waals surface area contributed by atoms with Crippen molar-refractivity contribution in [1.29, 1.82) is 0 Å². The number of carbonyl (C=O) groups is 2. The van der Waals surface area contributed by atoms with Crippen LogP contribution in [0.3, 0.4) is 0 Å². The Bertz CT molecular complexity index is 1210. The van der Waals surface area contributed by atoms with E-state index in [1.807, 2.05) is 10.6 Å². The van der Waals surface area contributed by atoms with Crippen molar-refractivity contribution in [3.05, 3.63) is 65.1 Å². The van der Waals surface area contributed by atoms with Crippen molar-refractivity contribution < 1.29 is 23.8 Å². The Morgan fingerprint density at radius 3 is 2.35 bits per heavy atom. The van der Waals surface area contributed by atoms with Crippen molar-refractivity contribution in [2.24, 2.45) is 0 Å². The summed E-state index contributed by atoms with van der Waals surface area (Å²) in [6, 6.07) is 10.2. The van der Waals surface area contributed by atoms with E-state index in [1.54, 1.807) is 18.2 Å². The summed E-state index contributed by atoms with van der Waals surface area (Å²) in [6.45, 7) is 8.37. The van der Waals surface area contributed by atoms with E-state index in [9.17, 15) is 19.1 Å². The van der Waals surface area contributed by atoms with Crippen molar-refractivity contribution in [2.75, 3.05) is 7.11 Å². The molecule has 2 aromatic heterocycles. The molecule has 3 rings (SSSR count). The zero-order chi connectivity index (χ0) is 25.0. The number of hydrogen-bond acceptors (Lipinski definition) is 5. The average molecular weight is 467 g/mol. The van der Waals surface area contributed by atoms with E-state index in [4.69, 9.17) is 5.10 Å². The summed E-state index contributed by atoms with van der Waals surface area (Å²) in [6.07, 6.45) is 1.64. The fourth-order valence-electron chi connectivity index (χ4n) is 4.03. The van der Waals surface area contributed by atoms with Crippen LogP contribution in [-0.4, -0.2) is 39.7 Å². The van der Waals surface area contributed by atoms with Gasteiger partial charge in [0.15, 0.2) is 0 Å². The van der Waals surface area contributed by atoms with Gasteiger partial charge in [-0.25, -0.2) is 8.91 Å². The lowest BCUT2D eigenvalue weighted by molar-refractivity contribution is -0.143. The highest BCUT2D eigenvalue weighted by Gasteiger charge is 2.21. The molecule has 0 aliphatic heterocycles. The Morgan fingerprint density at radius 1 is 1.09 bits per heavy atom. The van der Waals surface area contributed by atoms with Crippen LogP contribution in [0.4, 0.5) is 4.39 Å². The number of ether oxygens (including phenoxy) is 1. The number of rotatable bonds is 9. The first-order valence-corrected chi connectivity index (χ1v) is 11.4. The number of hydrogen-bond donors (Lipinski definition) is 1. The van der Waals surface area contributed by atoms with Crippen LogP contribution in [0.5, 0.6) is 0 Å². The Morgan fingerprint density at radius 2 is 1.76 bits per heavy atom. The maximum atomic E-state index is 13.6. The molecule has 1 unspecified atom stereocenters. The van der Waals surface area contributed by atoms with Crippen molar-refractivity contribution in [3.8, 4) is 11.3 Å². The molecule has 3 aromatic rings. The minimum absolute atomic E-state index is 0.123. The number of esters is 1. The van der Waals surface area contributed by atoms with E-state index in [2.05, 4.69) is 38.5 Å². The van der Waals surface area contributed by atoms with Gasteiger partial charge in [-0.05, 0) is 53.8 Å². The van der Waals surface area contributed by atoms with Crippen LogP contribution in [-0.2, 0) is 14.3 Å². The molecule has 7 heteroatoms. The third kappa shape index (κ3) is 5.59. The van der Waals surface area contributed by atoms with E-state index in [1.165, 1.54) is 25.3 Å². The third-order valence-electron chi connectivity index (χ3n) is 5.68. The van der Waals surface area contributed by atoms with Gasteiger partial charge in [-0.15, -0.1) is 0 Å². The normalized spacial score (nSPS) is 12.7. The molecular weight excluding hydrogens is 435 g/mol. The minimum Gasteiger partial charge on any atom is -0.469 e. The van der Waals surface area contributed by atoms with E-state index >= 15 is 0 Å². The summed E-state index contributed by atoms with van der Waals surface area (Å²) in [7, 11) is 1.21. The first kappa shape index (κ1) is 25.3. The largest absolute Gasteiger partial charge is 0.469 e. The summed E-state index contributed by atoms with van der Waals surface area (Å²) < 4.78 is 20.1. The van der Waals surface area contributed by atoms with Gasteiger partial charge in [0.25, 0.3) is 0 Å². The number of methoxy groups -OCH3 is 1. The summed E-state index contributed by atoms with van der Waals surface area (Å²) in [4.78, 5) is 23.3. The van der Waals surface area contributed by atoms with E-state index in [-0.39, 0.29) is 30.5 Å². The standard InChI is InChI=1S/C27H31FN2O4/c1-16(2)23-12-13-24-26(17(3)4)22(11-10-20(31)14-21(32)15-25(33)34-5)27(29-30(23)24)18-6-8-19(28)9-7-18/h6-13,16-17,20,31H,14-15H2,1-5H3/b11-10+. The van der Waals surface area contributed by atoms with Gasteiger partial charge in [-0.2, -0.15) is 5.10 Å². The number of ketones is 1. The Kier molecular flexibility index (Phi) is 7.99. The van der Waals surface area contributed by atoms with Crippen LogP contribution in [0.2, 0.25) is 0 Å². The smallest absolute Gasteiger partial charge is 0.313 e. The van der Waals surface area contributed by atoms with Gasteiger partial charge in [0, 0.05) is 23.2 Å². The number of nitrogens with zero attached hydrogens (tertiary/aromatic N) is 2. The highest BCUT2D eigenvalue weighted by molar-refractivity contribution is 5.95. The van der Waals surface area contributed by atoms with Gasteiger partial charge >= 0.3 is 5.97 Å². The molecular formula is C27H31FN2O4. The van der Waals surface area contributed by atoms with Gasteiger partial charge in [0.1, 0.15) is 18.0 Å². The second kappa shape index (κ2) is 10.7. The van der Waals surface area contributed by atoms with Crippen molar-refractivity contribution in [2.45, 2.75) is 58.5 Å². The number of carbonyl (C=O) groups excluding carboxylic acids is 2. The zero-order valence-electron chi connectivity index (χ0n) is 20.2. The van der Waals surface area contributed by atoms with Gasteiger partial charge in [-0.1, -0.05) is 39.8 Å². The lowest BCUT2D eigenvalue weighted by Crippen LogP contribution is -2.15. The number of fused-ring (bicyclic) bond motifs is 1. The molecule has 0 fully saturated rings. The number of benzene rings is 1. The molecule has 34 heavy (non-hydrogen) atoms. The van der Waals surface area contributed by atoms with Crippen LogP contribution < -0.4 is 0 Å². The summed E-state index contributed by atoms with van der Waals surface area (Å²) in [5.74, 6) is -1.01. The van der Waals surface area contributed by atoms with Crippen LogP contribution in [0.15, 0.2) is 42.5 Å². The van der Waals surface area contributed by atoms with Crippen LogP contribution in [0, 0.1) is 5.82 Å². The summed E-state index contributed by atoms with van der Waals surface area (Å²) in [5.41, 5.74) is 5.24. The summed E-state index contributed by atoms with van der Waals surface area (Å²) in [5, 5.41) is 15.4. The number of Topliss-reactive ketones (excluding diaryl/α,β-unsaturated/α-hetero) is 1. The fraction of sp³-hybridized carbons (Fsp3) is 0.370. The SMILES string of the molecule is COC(=O)CC(=O)CC(O)/C=C/c1c(-c2ccc(F)cc2)nn2c(C(C)C)ccc2c1C(C)C.